The first-order chi connectivity index (χ1) is 13.0. The van der Waals surface area contributed by atoms with E-state index in [9.17, 15) is 9.59 Å². The third-order valence-electron chi connectivity index (χ3n) is 3.59. The number of carbonyl (C=O) groups excluding carboxylic acids is 2. The van der Waals surface area contributed by atoms with Crippen molar-refractivity contribution in [1.29, 1.82) is 0 Å². The lowest BCUT2D eigenvalue weighted by Gasteiger charge is -2.17. The summed E-state index contributed by atoms with van der Waals surface area (Å²) in [5, 5.41) is 8.08. The molecule has 2 N–H and O–H groups in total. The SMILES string of the molecule is CC(Oc1ccccc1Cl)C(=O)Nc1ccccc1C(=O)Nc1nccs1. The maximum Gasteiger partial charge on any atom is 0.265 e. The van der Waals surface area contributed by atoms with Crippen molar-refractivity contribution in [3.05, 3.63) is 70.7 Å². The van der Waals surface area contributed by atoms with Crippen molar-refractivity contribution in [1.82, 2.24) is 4.98 Å². The molecule has 8 heteroatoms. The maximum atomic E-state index is 12.5. The molecule has 27 heavy (non-hydrogen) atoms. The first-order valence-corrected chi connectivity index (χ1v) is 9.32. The molecule has 0 bridgehead atoms. The summed E-state index contributed by atoms with van der Waals surface area (Å²) in [7, 11) is 0. The van der Waals surface area contributed by atoms with Gasteiger partial charge in [0.15, 0.2) is 11.2 Å². The molecular formula is C19H16ClN3O3S. The van der Waals surface area contributed by atoms with Gasteiger partial charge in [0.2, 0.25) is 0 Å². The quantitative estimate of drug-likeness (QED) is 0.639. The molecule has 3 aromatic rings. The van der Waals surface area contributed by atoms with Gasteiger partial charge in [-0.05, 0) is 31.2 Å². The van der Waals surface area contributed by atoms with Crippen molar-refractivity contribution in [3.8, 4) is 5.75 Å². The van der Waals surface area contributed by atoms with Gasteiger partial charge in [-0.15, -0.1) is 11.3 Å². The number of benzene rings is 2. The van der Waals surface area contributed by atoms with Crippen LogP contribution in [0.4, 0.5) is 10.8 Å². The van der Waals surface area contributed by atoms with Gasteiger partial charge in [0, 0.05) is 11.6 Å². The van der Waals surface area contributed by atoms with E-state index in [0.717, 1.165) is 0 Å². The van der Waals surface area contributed by atoms with E-state index in [1.165, 1.54) is 11.3 Å². The zero-order valence-corrected chi connectivity index (χ0v) is 15.9. The molecule has 0 aliphatic carbocycles. The Morgan fingerprint density at radius 1 is 1.11 bits per heavy atom. The number of amides is 2. The fourth-order valence-electron chi connectivity index (χ4n) is 2.26. The monoisotopic (exact) mass is 401 g/mol. The molecule has 0 aliphatic heterocycles. The van der Waals surface area contributed by atoms with Crippen LogP contribution in [0.25, 0.3) is 0 Å². The van der Waals surface area contributed by atoms with Gasteiger partial charge >= 0.3 is 0 Å². The van der Waals surface area contributed by atoms with Gasteiger partial charge in [-0.25, -0.2) is 4.98 Å². The lowest BCUT2D eigenvalue weighted by molar-refractivity contribution is -0.122. The lowest BCUT2D eigenvalue weighted by atomic mass is 10.1. The third kappa shape index (κ3) is 4.84. The van der Waals surface area contributed by atoms with Crippen LogP contribution in [0.15, 0.2) is 60.1 Å². The minimum atomic E-state index is -0.806. The standard InChI is InChI=1S/C19H16ClN3O3S/c1-12(26-16-9-5-3-7-14(16)20)17(24)22-15-8-4-2-6-13(15)18(25)23-19-21-10-11-27-19/h2-12H,1H3,(H,22,24)(H,21,23,25). The van der Waals surface area contributed by atoms with Crippen LogP contribution in [0.5, 0.6) is 5.75 Å². The Kier molecular flexibility index (Phi) is 6.05. The number of carbonyl (C=O) groups is 2. The Bertz CT molecular complexity index is 947. The van der Waals surface area contributed by atoms with Crippen LogP contribution in [0, 0.1) is 0 Å². The van der Waals surface area contributed by atoms with Crippen LogP contribution in [-0.2, 0) is 4.79 Å². The van der Waals surface area contributed by atoms with E-state index in [2.05, 4.69) is 15.6 Å². The van der Waals surface area contributed by atoms with E-state index in [1.807, 2.05) is 0 Å². The highest BCUT2D eigenvalue weighted by atomic mass is 35.5. The maximum absolute atomic E-state index is 12.5. The number of ether oxygens (including phenoxy) is 1. The van der Waals surface area contributed by atoms with E-state index in [4.69, 9.17) is 16.3 Å². The molecule has 1 heterocycles. The second-order valence-corrected chi connectivity index (χ2v) is 6.82. The minimum absolute atomic E-state index is 0.325. The van der Waals surface area contributed by atoms with E-state index in [1.54, 1.807) is 67.0 Å². The van der Waals surface area contributed by atoms with E-state index in [-0.39, 0.29) is 5.91 Å². The first-order valence-electron chi connectivity index (χ1n) is 8.06. The normalized spacial score (nSPS) is 11.5. The average Bonchev–Trinajstić information content (AvgIpc) is 3.17. The third-order valence-corrected chi connectivity index (χ3v) is 4.59. The van der Waals surface area contributed by atoms with Crippen LogP contribution < -0.4 is 15.4 Å². The van der Waals surface area contributed by atoms with Crippen LogP contribution in [-0.4, -0.2) is 22.9 Å². The van der Waals surface area contributed by atoms with Gasteiger partial charge < -0.3 is 10.1 Å². The van der Waals surface area contributed by atoms with Crippen molar-refractivity contribution >= 4 is 45.6 Å². The Morgan fingerprint density at radius 2 is 1.85 bits per heavy atom. The number of nitrogens with one attached hydrogen (secondary N) is 2. The topological polar surface area (TPSA) is 80.3 Å². The highest BCUT2D eigenvalue weighted by molar-refractivity contribution is 7.13. The summed E-state index contributed by atoms with van der Waals surface area (Å²) in [5.41, 5.74) is 0.706. The summed E-state index contributed by atoms with van der Waals surface area (Å²) in [6, 6.07) is 13.6. The molecule has 0 saturated heterocycles. The van der Waals surface area contributed by atoms with Crippen molar-refractivity contribution in [2.24, 2.45) is 0 Å². The van der Waals surface area contributed by atoms with E-state index in [0.29, 0.717) is 27.2 Å². The highest BCUT2D eigenvalue weighted by Gasteiger charge is 2.19. The number of nitrogens with zero attached hydrogens (tertiary/aromatic N) is 1. The second-order valence-electron chi connectivity index (χ2n) is 5.52. The predicted molar refractivity (Wildman–Crippen MR) is 107 cm³/mol. The van der Waals surface area contributed by atoms with Gasteiger partial charge in [-0.1, -0.05) is 35.9 Å². The fraction of sp³-hybridized carbons (Fsp3) is 0.105. The summed E-state index contributed by atoms with van der Waals surface area (Å²) in [4.78, 5) is 29.0. The number of hydrogen-bond donors (Lipinski definition) is 2. The second kappa shape index (κ2) is 8.66. The molecule has 6 nitrogen and oxygen atoms in total. The average molecular weight is 402 g/mol. The van der Waals surface area contributed by atoms with Crippen molar-refractivity contribution in [2.75, 3.05) is 10.6 Å². The summed E-state index contributed by atoms with van der Waals surface area (Å²) in [6.07, 6.45) is 0.793. The number of aromatic nitrogens is 1. The molecule has 0 spiro atoms. The van der Waals surface area contributed by atoms with Gasteiger partial charge in [0.25, 0.3) is 11.8 Å². The molecule has 1 aromatic heterocycles. The number of para-hydroxylation sites is 2. The van der Waals surface area contributed by atoms with Gasteiger partial charge in [0.1, 0.15) is 5.75 Å². The Hall–Kier alpha value is -2.90. The van der Waals surface area contributed by atoms with Gasteiger partial charge in [0.05, 0.1) is 16.3 Å². The molecule has 2 aromatic carbocycles. The molecule has 0 aliphatic rings. The molecule has 1 unspecified atom stereocenters. The molecule has 0 fully saturated rings. The number of hydrogen-bond acceptors (Lipinski definition) is 5. The predicted octanol–water partition coefficient (Wildman–Crippen LogP) is 4.45. The van der Waals surface area contributed by atoms with Crippen LogP contribution >= 0.6 is 22.9 Å². The Balaban J connectivity index is 1.70. The zero-order chi connectivity index (χ0) is 19.2. The summed E-state index contributed by atoms with van der Waals surface area (Å²) in [5.74, 6) is -0.346. The first kappa shape index (κ1) is 18.9. The molecular weight excluding hydrogens is 386 g/mol. The molecule has 2 amide bonds. The number of rotatable bonds is 6. The van der Waals surface area contributed by atoms with Crippen LogP contribution in [0.1, 0.15) is 17.3 Å². The minimum Gasteiger partial charge on any atom is -0.479 e. The number of thiazole rings is 1. The van der Waals surface area contributed by atoms with E-state index < -0.39 is 12.0 Å². The smallest absolute Gasteiger partial charge is 0.265 e. The highest BCUT2D eigenvalue weighted by Crippen LogP contribution is 2.25. The number of anilines is 2. The fourth-order valence-corrected chi connectivity index (χ4v) is 2.96. The van der Waals surface area contributed by atoms with Crippen molar-refractivity contribution < 1.29 is 14.3 Å². The number of halogens is 1. The molecule has 0 saturated carbocycles. The summed E-state index contributed by atoms with van der Waals surface area (Å²) >= 11 is 7.36. The van der Waals surface area contributed by atoms with Crippen LogP contribution in [0.3, 0.4) is 0 Å². The van der Waals surface area contributed by atoms with Crippen LogP contribution in [0.2, 0.25) is 5.02 Å². The Morgan fingerprint density at radius 3 is 2.59 bits per heavy atom. The largest absolute Gasteiger partial charge is 0.479 e. The molecule has 0 radical (unpaired) electrons. The van der Waals surface area contributed by atoms with Gasteiger partial charge in [-0.3, -0.25) is 14.9 Å². The summed E-state index contributed by atoms with van der Waals surface area (Å²) < 4.78 is 5.61. The molecule has 1 atom stereocenters. The van der Waals surface area contributed by atoms with E-state index >= 15 is 0 Å². The Labute approximate surface area is 165 Å². The van der Waals surface area contributed by atoms with Gasteiger partial charge in [-0.2, -0.15) is 0 Å². The summed E-state index contributed by atoms with van der Waals surface area (Å²) in [6.45, 7) is 1.61. The lowest BCUT2D eigenvalue weighted by Crippen LogP contribution is -2.31. The molecule has 3 rings (SSSR count). The van der Waals surface area contributed by atoms with Crippen molar-refractivity contribution in [3.63, 3.8) is 0 Å². The molecule has 138 valence electrons. The zero-order valence-electron chi connectivity index (χ0n) is 14.3. The van der Waals surface area contributed by atoms with Crippen molar-refractivity contribution in [2.45, 2.75) is 13.0 Å².